The number of ether oxygens (including phenoxy) is 2. The zero-order valence-electron chi connectivity index (χ0n) is 18.7. The summed E-state index contributed by atoms with van der Waals surface area (Å²) in [5.74, 6) is -4.10. The number of halogens is 3. The lowest BCUT2D eigenvalue weighted by Crippen LogP contribution is -2.21. The first kappa shape index (κ1) is 23.9. The van der Waals surface area contributed by atoms with Gasteiger partial charge >= 0.3 is 6.18 Å². The fraction of sp³-hybridized carbons (Fsp3) is 0.200. The third-order valence-electron chi connectivity index (χ3n) is 5.30. The Morgan fingerprint density at radius 1 is 1.03 bits per heavy atom. The van der Waals surface area contributed by atoms with E-state index in [1.807, 2.05) is 6.07 Å². The lowest BCUT2D eigenvalue weighted by Gasteiger charge is -2.16. The van der Waals surface area contributed by atoms with E-state index in [4.69, 9.17) is 18.3 Å². The molecule has 0 atom stereocenters. The zero-order chi connectivity index (χ0) is 25.5. The van der Waals surface area contributed by atoms with Crippen LogP contribution in [0.3, 0.4) is 0 Å². The molecule has 0 amide bonds. The van der Waals surface area contributed by atoms with Crippen LogP contribution in [0.5, 0.6) is 17.2 Å². The predicted molar refractivity (Wildman–Crippen MR) is 116 cm³/mol. The number of hydrogen-bond acceptors (Lipinski definition) is 7. The second-order valence-corrected chi connectivity index (χ2v) is 7.89. The van der Waals surface area contributed by atoms with Crippen LogP contribution in [0.4, 0.5) is 13.2 Å². The normalized spacial score (nSPS) is 11.6. The van der Waals surface area contributed by atoms with Crippen molar-refractivity contribution in [2.45, 2.75) is 33.6 Å². The molecule has 4 aromatic rings. The van der Waals surface area contributed by atoms with Crippen molar-refractivity contribution in [1.29, 1.82) is 0 Å². The molecule has 7 nitrogen and oxygen atoms in total. The quantitative estimate of drug-likeness (QED) is 0.374. The van der Waals surface area contributed by atoms with E-state index in [1.165, 1.54) is 24.3 Å². The summed E-state index contributed by atoms with van der Waals surface area (Å²) in [6.45, 7) is 5.00. The minimum absolute atomic E-state index is 0.0685. The topological polar surface area (TPSA) is 102 Å². The summed E-state index contributed by atoms with van der Waals surface area (Å²) in [5, 5.41) is 10.6. The summed E-state index contributed by atoms with van der Waals surface area (Å²) < 4.78 is 62.6. The molecule has 10 heteroatoms. The van der Waals surface area contributed by atoms with Crippen LogP contribution in [0.1, 0.15) is 38.8 Å². The Labute approximate surface area is 196 Å². The second kappa shape index (κ2) is 8.86. The standard InChI is InChI=1S/C25H19F3O7/c1-12-8-13(2)14(3)19(9-12)34-22-21(29)17-6-4-15(10-20(17)35-23(22)25(26,27)28)32-11-16-5-7-18(33-16)24(30)31/h4-10H,11H2,1-3H3,(H,30,31)/p-1. The molecule has 0 fully saturated rings. The SMILES string of the molecule is Cc1cc(C)c(C)c(Oc2c(C(F)(F)F)oc3cc(OCc4ccc(C(=O)[O-])o4)ccc3c2=O)c1. The van der Waals surface area contributed by atoms with E-state index in [1.54, 1.807) is 26.8 Å². The Hall–Kier alpha value is -4.21. The first-order valence-electron chi connectivity index (χ1n) is 10.3. The lowest BCUT2D eigenvalue weighted by atomic mass is 10.1. The number of furan rings is 1. The highest BCUT2D eigenvalue weighted by molar-refractivity contribution is 5.82. The van der Waals surface area contributed by atoms with E-state index in [-0.39, 0.29) is 34.8 Å². The molecule has 0 saturated heterocycles. The van der Waals surface area contributed by atoms with Crippen LogP contribution in [-0.2, 0) is 12.8 Å². The number of benzene rings is 2. The van der Waals surface area contributed by atoms with E-state index in [0.717, 1.165) is 17.2 Å². The highest BCUT2D eigenvalue weighted by Crippen LogP contribution is 2.39. The van der Waals surface area contributed by atoms with Gasteiger partial charge in [-0.3, -0.25) is 4.79 Å². The Morgan fingerprint density at radius 2 is 1.77 bits per heavy atom. The molecule has 0 radical (unpaired) electrons. The fourth-order valence-corrected chi connectivity index (χ4v) is 3.46. The smallest absolute Gasteiger partial charge is 0.453 e. The van der Waals surface area contributed by atoms with Crippen molar-refractivity contribution < 1.29 is 41.4 Å². The van der Waals surface area contributed by atoms with Crippen molar-refractivity contribution in [1.82, 2.24) is 0 Å². The number of carbonyl (C=O) groups excluding carboxylic acids is 1. The minimum Gasteiger partial charge on any atom is -0.542 e. The minimum atomic E-state index is -5.01. The molecule has 4 rings (SSSR count). The molecule has 2 aromatic carbocycles. The van der Waals surface area contributed by atoms with Crippen LogP contribution in [0.15, 0.2) is 56.1 Å². The molecule has 0 saturated carbocycles. The van der Waals surface area contributed by atoms with Crippen LogP contribution >= 0.6 is 0 Å². The number of aromatic carboxylic acids is 1. The molecule has 0 unspecified atom stereocenters. The number of carboxylic acids is 1. The lowest BCUT2D eigenvalue weighted by molar-refractivity contribution is -0.257. The van der Waals surface area contributed by atoms with Gasteiger partial charge in [0, 0.05) is 6.07 Å². The Balaban J connectivity index is 1.73. The third-order valence-corrected chi connectivity index (χ3v) is 5.30. The summed E-state index contributed by atoms with van der Waals surface area (Å²) in [4.78, 5) is 23.8. The Bertz CT molecular complexity index is 1500. The monoisotopic (exact) mass is 487 g/mol. The summed E-state index contributed by atoms with van der Waals surface area (Å²) in [6.07, 6.45) is -5.01. The molecule has 0 spiro atoms. The van der Waals surface area contributed by atoms with Crippen molar-refractivity contribution >= 4 is 16.9 Å². The fourth-order valence-electron chi connectivity index (χ4n) is 3.46. The molecule has 0 N–H and O–H groups in total. The first-order valence-corrected chi connectivity index (χ1v) is 10.3. The van der Waals surface area contributed by atoms with E-state index in [9.17, 15) is 27.9 Å². The average molecular weight is 487 g/mol. The number of fused-ring (bicyclic) bond motifs is 1. The van der Waals surface area contributed by atoms with E-state index in [0.29, 0.717) is 5.56 Å². The number of hydrogen-bond donors (Lipinski definition) is 0. The summed E-state index contributed by atoms with van der Waals surface area (Å²) in [7, 11) is 0. The van der Waals surface area contributed by atoms with Gasteiger partial charge in [0.25, 0.3) is 5.76 Å². The van der Waals surface area contributed by atoms with Crippen molar-refractivity contribution in [3.8, 4) is 17.2 Å². The highest BCUT2D eigenvalue weighted by Gasteiger charge is 2.40. The summed E-state index contributed by atoms with van der Waals surface area (Å²) in [6, 6.07) is 9.67. The van der Waals surface area contributed by atoms with Gasteiger partial charge in [-0.25, -0.2) is 0 Å². The Kier molecular flexibility index (Phi) is 6.06. The van der Waals surface area contributed by atoms with Gasteiger partial charge in [-0.15, -0.1) is 0 Å². The zero-order valence-corrected chi connectivity index (χ0v) is 18.7. The number of alkyl halides is 3. The van der Waals surface area contributed by atoms with Gasteiger partial charge in [-0.05, 0) is 67.8 Å². The van der Waals surface area contributed by atoms with E-state index >= 15 is 0 Å². The highest BCUT2D eigenvalue weighted by atomic mass is 19.4. The van der Waals surface area contributed by atoms with Crippen molar-refractivity contribution in [3.63, 3.8) is 0 Å². The molecule has 2 heterocycles. The van der Waals surface area contributed by atoms with Gasteiger partial charge in [0.05, 0.1) is 5.39 Å². The van der Waals surface area contributed by atoms with Gasteiger partial charge < -0.3 is 28.2 Å². The molecule has 0 bridgehead atoms. The number of carboxylic acid groups (broad SMARTS) is 1. The third kappa shape index (κ3) is 4.86. The number of rotatable bonds is 6. The molecule has 0 aliphatic carbocycles. The van der Waals surface area contributed by atoms with Crippen LogP contribution in [0, 0.1) is 20.8 Å². The molecule has 0 aliphatic rings. The van der Waals surface area contributed by atoms with Gasteiger partial charge in [0.1, 0.15) is 41.2 Å². The average Bonchev–Trinajstić information content (AvgIpc) is 3.26. The number of aryl methyl sites for hydroxylation is 2. The van der Waals surface area contributed by atoms with Gasteiger partial charge in [0.2, 0.25) is 11.2 Å². The van der Waals surface area contributed by atoms with E-state index < -0.39 is 34.8 Å². The van der Waals surface area contributed by atoms with E-state index in [2.05, 4.69) is 0 Å². The second-order valence-electron chi connectivity index (χ2n) is 7.89. The van der Waals surface area contributed by atoms with Crippen molar-refractivity contribution in [2.75, 3.05) is 0 Å². The van der Waals surface area contributed by atoms with Gasteiger partial charge in [-0.2, -0.15) is 13.2 Å². The summed E-state index contributed by atoms with van der Waals surface area (Å²) >= 11 is 0. The molecular weight excluding hydrogens is 469 g/mol. The summed E-state index contributed by atoms with van der Waals surface area (Å²) in [5.41, 5.74) is 0.787. The predicted octanol–water partition coefficient (Wildman–Crippen LogP) is 5.06. The molecule has 2 aromatic heterocycles. The van der Waals surface area contributed by atoms with Crippen LogP contribution in [-0.4, -0.2) is 5.97 Å². The maximum atomic E-state index is 13.8. The first-order chi connectivity index (χ1) is 16.4. The molecule has 0 aliphatic heterocycles. The van der Waals surface area contributed by atoms with Crippen LogP contribution in [0.25, 0.3) is 11.0 Å². The largest absolute Gasteiger partial charge is 0.542 e. The van der Waals surface area contributed by atoms with Crippen LogP contribution < -0.4 is 20.0 Å². The molecular formula is C25H18F3O7-. The molecule has 35 heavy (non-hydrogen) atoms. The van der Waals surface area contributed by atoms with Gasteiger partial charge in [-0.1, -0.05) is 6.07 Å². The molecule has 182 valence electrons. The maximum absolute atomic E-state index is 13.8. The van der Waals surface area contributed by atoms with Crippen molar-refractivity contribution in [2.24, 2.45) is 0 Å². The Morgan fingerprint density at radius 3 is 2.43 bits per heavy atom. The number of carbonyl (C=O) groups is 1. The van der Waals surface area contributed by atoms with Gasteiger partial charge in [0.15, 0.2) is 0 Å². The maximum Gasteiger partial charge on any atom is 0.453 e. The van der Waals surface area contributed by atoms with Crippen LogP contribution in [0.2, 0.25) is 0 Å². The van der Waals surface area contributed by atoms with Crippen molar-refractivity contribution in [3.05, 3.63) is 86.7 Å².